The van der Waals surface area contributed by atoms with Gasteiger partial charge in [-0.25, -0.2) is 4.39 Å². The molecule has 0 aromatic heterocycles. The van der Waals surface area contributed by atoms with Gasteiger partial charge in [-0.2, -0.15) is 0 Å². The second kappa shape index (κ2) is 8.98. The molecule has 2 aromatic carbocycles. The molecule has 0 fully saturated rings. The summed E-state index contributed by atoms with van der Waals surface area (Å²) >= 11 is 0. The van der Waals surface area contributed by atoms with E-state index in [0.717, 1.165) is 11.4 Å². The third-order valence-electron chi connectivity index (χ3n) is 4.23. The van der Waals surface area contributed by atoms with Crippen molar-refractivity contribution in [3.63, 3.8) is 0 Å². The molecule has 6 heteroatoms. The number of amides is 1. The average Bonchev–Trinajstić information content (AvgIpc) is 2.64. The number of nitrogens with zero attached hydrogens (tertiary/aromatic N) is 1. The van der Waals surface area contributed by atoms with Crippen LogP contribution in [0.2, 0.25) is 0 Å². The Morgan fingerprint density at radius 3 is 2.48 bits per heavy atom. The number of halogens is 1. The van der Waals surface area contributed by atoms with Crippen molar-refractivity contribution in [1.29, 1.82) is 0 Å². The summed E-state index contributed by atoms with van der Waals surface area (Å²) < 4.78 is 13.1. The predicted octanol–water partition coefficient (Wildman–Crippen LogP) is 4.50. The van der Waals surface area contributed by atoms with Crippen LogP contribution >= 0.6 is 0 Å². The maximum absolute atomic E-state index is 13.1. The highest BCUT2D eigenvalue weighted by atomic mass is 19.1. The third-order valence-corrected chi connectivity index (χ3v) is 4.23. The highest BCUT2D eigenvalue weighted by Gasteiger charge is 2.12. The molecule has 1 amide bonds. The Morgan fingerprint density at radius 1 is 1.22 bits per heavy atom. The van der Waals surface area contributed by atoms with E-state index in [1.807, 2.05) is 32.9 Å². The van der Waals surface area contributed by atoms with Crippen molar-refractivity contribution in [1.82, 2.24) is 0 Å². The lowest BCUT2D eigenvalue weighted by atomic mass is 10.1. The molecule has 0 saturated carbocycles. The van der Waals surface area contributed by atoms with Gasteiger partial charge in [-0.1, -0.05) is 6.58 Å². The van der Waals surface area contributed by atoms with Crippen molar-refractivity contribution in [3.8, 4) is 0 Å². The highest BCUT2D eigenvalue weighted by Crippen LogP contribution is 2.20. The standard InChI is InChI=1S/C21H25FN4O/c1-5-13(2)24-14(3)15(4)25-18-9-6-16(7-10-18)21(27)26-20-11-8-17(22)12-19(20)23/h5-12,14-15,25H,1,23H2,2-4H3,(H,26,27)/t14-,15?/m0/s1. The normalized spacial score (nSPS) is 13.6. The van der Waals surface area contributed by atoms with E-state index >= 15 is 0 Å². The number of hydrogen-bond acceptors (Lipinski definition) is 4. The number of anilines is 3. The minimum atomic E-state index is -0.447. The smallest absolute Gasteiger partial charge is 0.255 e. The van der Waals surface area contributed by atoms with Crippen LogP contribution in [0.5, 0.6) is 0 Å². The second-order valence-electron chi connectivity index (χ2n) is 6.41. The van der Waals surface area contributed by atoms with Gasteiger partial charge >= 0.3 is 0 Å². The Kier molecular flexibility index (Phi) is 6.71. The van der Waals surface area contributed by atoms with Gasteiger partial charge < -0.3 is 16.4 Å². The Hall–Kier alpha value is -3.15. The minimum absolute atomic E-state index is 0.0763. The van der Waals surface area contributed by atoms with E-state index in [9.17, 15) is 9.18 Å². The lowest BCUT2D eigenvalue weighted by Crippen LogP contribution is -2.27. The van der Waals surface area contributed by atoms with E-state index in [1.165, 1.54) is 18.2 Å². The third kappa shape index (κ3) is 5.67. The van der Waals surface area contributed by atoms with E-state index in [4.69, 9.17) is 5.73 Å². The number of allylic oxidation sites excluding steroid dienone is 1. The van der Waals surface area contributed by atoms with E-state index in [1.54, 1.807) is 18.2 Å². The molecule has 0 aliphatic heterocycles. The summed E-state index contributed by atoms with van der Waals surface area (Å²) in [6.45, 7) is 9.69. The fraction of sp³-hybridized carbons (Fsp3) is 0.238. The van der Waals surface area contributed by atoms with Gasteiger partial charge in [0.15, 0.2) is 0 Å². The molecular weight excluding hydrogens is 343 g/mol. The molecule has 0 aliphatic rings. The van der Waals surface area contributed by atoms with Gasteiger partial charge in [0.1, 0.15) is 5.82 Å². The molecule has 2 atom stereocenters. The first-order chi connectivity index (χ1) is 12.8. The monoisotopic (exact) mass is 368 g/mol. The van der Waals surface area contributed by atoms with Crippen molar-refractivity contribution in [3.05, 3.63) is 66.5 Å². The summed E-state index contributed by atoms with van der Waals surface area (Å²) in [5.41, 5.74) is 8.53. The zero-order valence-corrected chi connectivity index (χ0v) is 15.8. The fourth-order valence-electron chi connectivity index (χ4n) is 2.43. The number of hydrogen-bond donors (Lipinski definition) is 3. The number of nitrogen functional groups attached to an aromatic ring is 1. The Labute approximate surface area is 159 Å². The fourth-order valence-corrected chi connectivity index (χ4v) is 2.43. The van der Waals surface area contributed by atoms with Crippen molar-refractivity contribution >= 4 is 28.7 Å². The summed E-state index contributed by atoms with van der Waals surface area (Å²) in [6, 6.07) is 11.1. The van der Waals surface area contributed by atoms with E-state index in [-0.39, 0.29) is 23.7 Å². The van der Waals surface area contributed by atoms with Gasteiger partial charge in [0.05, 0.1) is 17.4 Å². The molecule has 27 heavy (non-hydrogen) atoms. The van der Waals surface area contributed by atoms with Gasteiger partial charge in [0.2, 0.25) is 0 Å². The van der Waals surface area contributed by atoms with Crippen LogP contribution < -0.4 is 16.4 Å². The molecule has 0 radical (unpaired) electrons. The zero-order valence-electron chi connectivity index (χ0n) is 15.8. The van der Waals surface area contributed by atoms with Crippen LogP contribution in [0, 0.1) is 5.82 Å². The van der Waals surface area contributed by atoms with E-state index in [2.05, 4.69) is 22.2 Å². The predicted molar refractivity (Wildman–Crippen MR) is 111 cm³/mol. The lowest BCUT2D eigenvalue weighted by molar-refractivity contribution is 0.102. The molecule has 0 bridgehead atoms. The molecular formula is C21H25FN4O. The zero-order chi connectivity index (χ0) is 20.0. The average molecular weight is 368 g/mol. The molecule has 0 saturated heterocycles. The maximum Gasteiger partial charge on any atom is 0.255 e. The maximum atomic E-state index is 13.1. The van der Waals surface area contributed by atoms with Gasteiger partial charge in [-0.3, -0.25) is 9.79 Å². The van der Waals surface area contributed by atoms with Gasteiger partial charge in [-0.15, -0.1) is 0 Å². The number of aliphatic imine (C=N–C) groups is 1. The minimum Gasteiger partial charge on any atom is -0.397 e. The molecule has 0 heterocycles. The SMILES string of the molecule is C=CC(C)=N[C@@H](C)C(C)Nc1ccc(C(=O)Nc2ccc(F)cc2N)cc1. The first-order valence-electron chi connectivity index (χ1n) is 8.70. The molecule has 2 aromatic rings. The van der Waals surface area contributed by atoms with E-state index < -0.39 is 5.82 Å². The Morgan fingerprint density at radius 2 is 1.89 bits per heavy atom. The largest absolute Gasteiger partial charge is 0.397 e. The molecule has 0 aliphatic carbocycles. The number of carbonyl (C=O) groups is 1. The summed E-state index contributed by atoms with van der Waals surface area (Å²) in [5, 5.41) is 6.05. The lowest BCUT2D eigenvalue weighted by Gasteiger charge is -2.20. The summed E-state index contributed by atoms with van der Waals surface area (Å²) in [5.74, 6) is -0.760. The molecule has 2 rings (SSSR count). The summed E-state index contributed by atoms with van der Waals surface area (Å²) in [4.78, 5) is 16.9. The van der Waals surface area contributed by atoms with Crippen LogP contribution in [0.15, 0.2) is 60.1 Å². The van der Waals surface area contributed by atoms with Crippen molar-refractivity contribution in [2.24, 2.45) is 4.99 Å². The van der Waals surface area contributed by atoms with Crippen LogP contribution in [0.4, 0.5) is 21.5 Å². The van der Waals surface area contributed by atoms with Crippen molar-refractivity contribution < 1.29 is 9.18 Å². The van der Waals surface area contributed by atoms with Gasteiger partial charge in [0, 0.05) is 23.0 Å². The van der Waals surface area contributed by atoms with Crippen LogP contribution in [0.25, 0.3) is 0 Å². The second-order valence-corrected chi connectivity index (χ2v) is 6.41. The summed E-state index contributed by atoms with van der Waals surface area (Å²) in [7, 11) is 0. The first-order valence-corrected chi connectivity index (χ1v) is 8.70. The van der Waals surface area contributed by atoms with Crippen LogP contribution in [0.3, 0.4) is 0 Å². The topological polar surface area (TPSA) is 79.5 Å². The molecule has 0 spiro atoms. The Balaban J connectivity index is 2.01. The quantitative estimate of drug-likeness (QED) is 0.497. The Bertz CT molecular complexity index is 846. The number of nitrogens with one attached hydrogen (secondary N) is 2. The van der Waals surface area contributed by atoms with Crippen molar-refractivity contribution in [2.45, 2.75) is 32.9 Å². The number of benzene rings is 2. The summed E-state index contributed by atoms with van der Waals surface area (Å²) in [6.07, 6.45) is 1.73. The van der Waals surface area contributed by atoms with Crippen LogP contribution in [-0.2, 0) is 0 Å². The first kappa shape index (κ1) is 20.2. The van der Waals surface area contributed by atoms with Crippen molar-refractivity contribution in [2.75, 3.05) is 16.4 Å². The number of carbonyl (C=O) groups excluding carboxylic acids is 1. The molecule has 1 unspecified atom stereocenters. The highest BCUT2D eigenvalue weighted by molar-refractivity contribution is 6.05. The molecule has 142 valence electrons. The van der Waals surface area contributed by atoms with Crippen LogP contribution in [-0.4, -0.2) is 23.7 Å². The number of rotatable bonds is 7. The van der Waals surface area contributed by atoms with Gasteiger partial charge in [-0.05, 0) is 69.3 Å². The molecule has 4 N–H and O–H groups in total. The number of nitrogens with two attached hydrogens (primary N) is 1. The molecule has 5 nitrogen and oxygen atoms in total. The van der Waals surface area contributed by atoms with Crippen LogP contribution in [0.1, 0.15) is 31.1 Å². The van der Waals surface area contributed by atoms with Gasteiger partial charge in [0.25, 0.3) is 5.91 Å². The van der Waals surface area contributed by atoms with E-state index in [0.29, 0.717) is 11.3 Å².